The van der Waals surface area contributed by atoms with Crippen molar-refractivity contribution in [3.8, 4) is 0 Å². The molecule has 0 spiro atoms. The lowest BCUT2D eigenvalue weighted by atomic mass is 10.2. The molecule has 1 saturated heterocycles. The summed E-state index contributed by atoms with van der Waals surface area (Å²) in [6.07, 6.45) is 2.83. The van der Waals surface area contributed by atoms with E-state index in [0.717, 1.165) is 4.31 Å². The Morgan fingerprint density at radius 1 is 1.05 bits per heavy atom. The van der Waals surface area contributed by atoms with Crippen molar-refractivity contribution in [2.24, 2.45) is 0 Å². The molecule has 0 radical (unpaired) electrons. The largest absolute Gasteiger partial charge is 0.306 e. The second-order valence-electron chi connectivity index (χ2n) is 4.78. The van der Waals surface area contributed by atoms with Gasteiger partial charge in [-0.15, -0.1) is 0 Å². The first kappa shape index (κ1) is 14.0. The molecule has 0 bridgehead atoms. The third-order valence-corrected chi connectivity index (χ3v) is 5.17. The maximum atomic E-state index is 11.5. The summed E-state index contributed by atoms with van der Waals surface area (Å²) in [4.78, 5) is 13.8. The Balaban J connectivity index is 0.000000186. The molecule has 2 aliphatic heterocycles. The molecule has 1 aromatic rings. The molecule has 104 valence electrons. The van der Waals surface area contributed by atoms with Crippen LogP contribution in [0.1, 0.15) is 23.2 Å². The SMILES string of the molecule is CN1C(=O)c2ccccc2S1(=O)=O.CN1CCCC1. The van der Waals surface area contributed by atoms with Crippen molar-refractivity contribution >= 4 is 15.9 Å². The number of sulfonamides is 1. The second kappa shape index (κ2) is 5.30. The van der Waals surface area contributed by atoms with Gasteiger partial charge in [-0.05, 0) is 45.1 Å². The van der Waals surface area contributed by atoms with Gasteiger partial charge in [-0.2, -0.15) is 0 Å². The molecular formula is C13H18N2O3S. The molecule has 0 saturated carbocycles. The van der Waals surface area contributed by atoms with E-state index in [0.29, 0.717) is 0 Å². The summed E-state index contributed by atoms with van der Waals surface area (Å²) >= 11 is 0. The van der Waals surface area contributed by atoms with Crippen LogP contribution < -0.4 is 0 Å². The van der Waals surface area contributed by atoms with Crippen LogP contribution in [0.25, 0.3) is 0 Å². The summed E-state index contributed by atoms with van der Waals surface area (Å²) in [5, 5.41) is 0. The fourth-order valence-corrected chi connectivity index (χ4v) is 3.47. The molecule has 2 aliphatic rings. The van der Waals surface area contributed by atoms with E-state index in [1.54, 1.807) is 12.1 Å². The number of likely N-dealkylation sites (tertiary alicyclic amines) is 1. The average molecular weight is 282 g/mol. The molecule has 0 unspecified atom stereocenters. The minimum atomic E-state index is -3.55. The van der Waals surface area contributed by atoms with Gasteiger partial charge >= 0.3 is 0 Å². The number of carbonyl (C=O) groups excluding carboxylic acids is 1. The van der Waals surface area contributed by atoms with Crippen molar-refractivity contribution in [2.45, 2.75) is 17.7 Å². The average Bonchev–Trinajstić information content (AvgIpc) is 2.94. The minimum Gasteiger partial charge on any atom is -0.306 e. The molecule has 19 heavy (non-hydrogen) atoms. The number of nitrogens with zero attached hydrogens (tertiary/aromatic N) is 2. The van der Waals surface area contributed by atoms with Gasteiger partial charge in [0.05, 0.1) is 5.56 Å². The highest BCUT2D eigenvalue weighted by molar-refractivity contribution is 7.90. The van der Waals surface area contributed by atoms with Gasteiger partial charge in [0.25, 0.3) is 15.9 Å². The quantitative estimate of drug-likeness (QED) is 0.717. The molecule has 0 N–H and O–H groups in total. The van der Waals surface area contributed by atoms with Crippen LogP contribution in [0.3, 0.4) is 0 Å². The van der Waals surface area contributed by atoms with E-state index in [4.69, 9.17) is 0 Å². The lowest BCUT2D eigenvalue weighted by Gasteiger charge is -2.05. The Kier molecular flexibility index (Phi) is 3.91. The smallest absolute Gasteiger partial charge is 0.268 e. The molecule has 1 aromatic carbocycles. The van der Waals surface area contributed by atoms with Gasteiger partial charge in [0.2, 0.25) is 0 Å². The van der Waals surface area contributed by atoms with Crippen molar-refractivity contribution in [3.63, 3.8) is 0 Å². The van der Waals surface area contributed by atoms with E-state index in [-0.39, 0.29) is 10.5 Å². The van der Waals surface area contributed by atoms with E-state index in [1.165, 1.54) is 45.1 Å². The van der Waals surface area contributed by atoms with Gasteiger partial charge in [0.1, 0.15) is 4.90 Å². The molecule has 0 aromatic heterocycles. The van der Waals surface area contributed by atoms with Gasteiger partial charge in [-0.25, -0.2) is 12.7 Å². The Morgan fingerprint density at radius 2 is 1.63 bits per heavy atom. The fraction of sp³-hybridized carbons (Fsp3) is 0.462. The van der Waals surface area contributed by atoms with Crippen LogP contribution in [0.15, 0.2) is 29.2 Å². The zero-order valence-electron chi connectivity index (χ0n) is 11.2. The van der Waals surface area contributed by atoms with E-state index in [1.807, 2.05) is 0 Å². The molecule has 3 rings (SSSR count). The van der Waals surface area contributed by atoms with Crippen molar-refractivity contribution in [1.82, 2.24) is 9.21 Å². The predicted molar refractivity (Wildman–Crippen MR) is 72.5 cm³/mol. The Bertz CT molecular complexity index is 577. The number of amides is 1. The van der Waals surface area contributed by atoms with Crippen molar-refractivity contribution in [3.05, 3.63) is 29.8 Å². The van der Waals surface area contributed by atoms with E-state index < -0.39 is 15.9 Å². The highest BCUT2D eigenvalue weighted by Gasteiger charge is 2.37. The monoisotopic (exact) mass is 282 g/mol. The number of fused-ring (bicyclic) bond motifs is 1. The molecule has 1 amide bonds. The van der Waals surface area contributed by atoms with Gasteiger partial charge in [-0.1, -0.05) is 12.1 Å². The summed E-state index contributed by atoms with van der Waals surface area (Å²) in [5.74, 6) is -0.462. The summed E-state index contributed by atoms with van der Waals surface area (Å²) in [7, 11) is -0.115. The Labute approximate surface area is 113 Å². The Morgan fingerprint density at radius 3 is 2.11 bits per heavy atom. The standard InChI is InChI=1S/C8H7NO3S.C5H11N/c1-9-8(10)6-4-2-3-5-7(6)13(9,11)12;1-6-4-2-3-5-6/h2-5H,1H3;2-5H2,1H3. The third kappa shape index (κ3) is 2.64. The predicted octanol–water partition coefficient (Wildman–Crippen LogP) is 1.17. The zero-order chi connectivity index (χ0) is 14.0. The third-order valence-electron chi connectivity index (χ3n) is 3.37. The summed E-state index contributed by atoms with van der Waals surface area (Å²) < 4.78 is 23.8. The normalized spacial score (nSPS) is 20.9. The van der Waals surface area contributed by atoms with Gasteiger partial charge in [-0.3, -0.25) is 4.79 Å². The molecular weight excluding hydrogens is 264 g/mol. The van der Waals surface area contributed by atoms with Crippen LogP contribution in [0.5, 0.6) is 0 Å². The van der Waals surface area contributed by atoms with Crippen LogP contribution in [0.4, 0.5) is 0 Å². The molecule has 0 atom stereocenters. The highest BCUT2D eigenvalue weighted by Crippen LogP contribution is 2.27. The van der Waals surface area contributed by atoms with Crippen LogP contribution in [0, 0.1) is 0 Å². The van der Waals surface area contributed by atoms with Crippen molar-refractivity contribution in [2.75, 3.05) is 27.2 Å². The topological polar surface area (TPSA) is 57.7 Å². The van der Waals surface area contributed by atoms with Gasteiger partial charge in [0, 0.05) is 7.05 Å². The number of hydrogen-bond acceptors (Lipinski definition) is 4. The molecule has 5 nitrogen and oxygen atoms in total. The second-order valence-corrected chi connectivity index (χ2v) is 6.72. The van der Waals surface area contributed by atoms with Crippen LogP contribution in [0.2, 0.25) is 0 Å². The van der Waals surface area contributed by atoms with Crippen molar-refractivity contribution < 1.29 is 13.2 Å². The Hall–Kier alpha value is -1.40. The molecule has 1 fully saturated rings. The highest BCUT2D eigenvalue weighted by atomic mass is 32.2. The fourth-order valence-electron chi connectivity index (χ4n) is 2.17. The lowest BCUT2D eigenvalue weighted by molar-refractivity contribution is 0.0891. The number of rotatable bonds is 0. The molecule has 0 aliphatic carbocycles. The summed E-state index contributed by atoms with van der Waals surface area (Å²) in [6, 6.07) is 6.19. The van der Waals surface area contributed by atoms with Crippen LogP contribution in [-0.4, -0.2) is 50.7 Å². The maximum absolute atomic E-state index is 11.5. The van der Waals surface area contributed by atoms with Gasteiger partial charge in [0.15, 0.2) is 0 Å². The van der Waals surface area contributed by atoms with Gasteiger partial charge < -0.3 is 4.90 Å². The van der Waals surface area contributed by atoms with E-state index in [2.05, 4.69) is 11.9 Å². The zero-order valence-corrected chi connectivity index (χ0v) is 12.0. The van der Waals surface area contributed by atoms with Crippen molar-refractivity contribution in [1.29, 1.82) is 0 Å². The summed E-state index contributed by atoms with van der Waals surface area (Å²) in [5.41, 5.74) is 0.255. The van der Waals surface area contributed by atoms with Crippen LogP contribution in [-0.2, 0) is 10.0 Å². The first-order valence-electron chi connectivity index (χ1n) is 6.25. The number of hydrogen-bond donors (Lipinski definition) is 0. The molecule has 2 heterocycles. The first-order valence-corrected chi connectivity index (χ1v) is 7.69. The first-order chi connectivity index (χ1) is 8.94. The van der Waals surface area contributed by atoms with E-state index in [9.17, 15) is 13.2 Å². The maximum Gasteiger partial charge on any atom is 0.268 e. The van der Waals surface area contributed by atoms with E-state index >= 15 is 0 Å². The number of benzene rings is 1. The lowest BCUT2D eigenvalue weighted by Crippen LogP contribution is -2.24. The minimum absolute atomic E-state index is 0.0995. The molecule has 6 heteroatoms. The van der Waals surface area contributed by atoms with Crippen LogP contribution >= 0.6 is 0 Å². The summed E-state index contributed by atoms with van der Waals surface area (Å²) in [6.45, 7) is 2.64. The number of carbonyl (C=O) groups is 1.